The lowest BCUT2D eigenvalue weighted by Gasteiger charge is -2.17. The van der Waals surface area contributed by atoms with Crippen molar-refractivity contribution in [3.63, 3.8) is 0 Å². The van der Waals surface area contributed by atoms with Gasteiger partial charge in [0, 0.05) is 40.8 Å². The standard InChI is InChI=1S/C29H28FNO6/c1-3-31-29(33)17-4-6-19(7-5-17)36-24-13-11-23(30)28-22(24)10-12-25(28)37-20-8-9-21-18(14-27(32)34-2)16-35-26(21)15-20/h4-9,11,13,15,18,25H,3,10,12,14,16H2,1-2H3,(H,31,33)/t18-,25-/m1/s1. The van der Waals surface area contributed by atoms with E-state index in [0.717, 1.165) is 11.1 Å². The van der Waals surface area contributed by atoms with E-state index >= 15 is 0 Å². The molecule has 3 aromatic carbocycles. The molecule has 8 heteroatoms. The van der Waals surface area contributed by atoms with Gasteiger partial charge in [-0.1, -0.05) is 6.07 Å². The summed E-state index contributed by atoms with van der Waals surface area (Å²) < 4.78 is 37.8. The number of esters is 1. The highest BCUT2D eigenvalue weighted by molar-refractivity contribution is 5.94. The van der Waals surface area contributed by atoms with Crippen LogP contribution in [0.25, 0.3) is 0 Å². The molecule has 0 spiro atoms. The number of hydrogen-bond acceptors (Lipinski definition) is 6. The number of fused-ring (bicyclic) bond motifs is 2. The second-order valence-corrected chi connectivity index (χ2v) is 9.06. The van der Waals surface area contributed by atoms with Gasteiger partial charge in [0.25, 0.3) is 5.91 Å². The molecule has 7 nitrogen and oxygen atoms in total. The van der Waals surface area contributed by atoms with Gasteiger partial charge in [0.2, 0.25) is 0 Å². The fourth-order valence-electron chi connectivity index (χ4n) is 4.87. The first kappa shape index (κ1) is 24.6. The molecule has 0 aromatic heterocycles. The van der Waals surface area contributed by atoms with Crippen LogP contribution in [0.4, 0.5) is 4.39 Å². The van der Waals surface area contributed by atoms with E-state index in [1.807, 2.05) is 19.1 Å². The quantitative estimate of drug-likeness (QED) is 0.409. The van der Waals surface area contributed by atoms with Gasteiger partial charge >= 0.3 is 5.97 Å². The summed E-state index contributed by atoms with van der Waals surface area (Å²) in [4.78, 5) is 23.7. The number of carbonyl (C=O) groups is 2. The van der Waals surface area contributed by atoms with Crippen LogP contribution in [0.1, 0.15) is 58.8 Å². The minimum Gasteiger partial charge on any atom is -0.492 e. The lowest BCUT2D eigenvalue weighted by molar-refractivity contribution is -0.141. The molecule has 1 aliphatic heterocycles. The monoisotopic (exact) mass is 505 g/mol. The molecular formula is C29H28FNO6. The van der Waals surface area contributed by atoms with Crippen LogP contribution in [-0.2, 0) is 16.0 Å². The summed E-state index contributed by atoms with van der Waals surface area (Å²) in [6.45, 7) is 2.82. The first-order valence-corrected chi connectivity index (χ1v) is 12.3. The summed E-state index contributed by atoms with van der Waals surface area (Å²) in [6.07, 6.45) is 0.991. The molecular weight excluding hydrogens is 477 g/mol. The van der Waals surface area contributed by atoms with E-state index in [1.165, 1.54) is 13.2 Å². The minimum absolute atomic E-state index is 0.0593. The summed E-state index contributed by atoms with van der Waals surface area (Å²) in [7, 11) is 1.37. The topological polar surface area (TPSA) is 83.1 Å². The SMILES string of the molecule is CCNC(=O)c1ccc(Oc2ccc(F)c3c2CC[C@H]3Oc2ccc3c(c2)OC[C@H]3CC(=O)OC)cc1. The molecule has 1 N–H and O–H groups in total. The van der Waals surface area contributed by atoms with Crippen LogP contribution in [-0.4, -0.2) is 32.1 Å². The van der Waals surface area contributed by atoms with E-state index in [4.69, 9.17) is 18.9 Å². The summed E-state index contributed by atoms with van der Waals surface area (Å²) in [5.74, 6) is 1.53. The number of methoxy groups -OCH3 is 1. The number of ether oxygens (including phenoxy) is 4. The predicted molar refractivity (Wildman–Crippen MR) is 134 cm³/mol. The zero-order valence-electron chi connectivity index (χ0n) is 20.7. The maximum Gasteiger partial charge on any atom is 0.306 e. The van der Waals surface area contributed by atoms with Crippen LogP contribution in [0, 0.1) is 5.82 Å². The van der Waals surface area contributed by atoms with Crippen LogP contribution < -0.4 is 19.5 Å². The van der Waals surface area contributed by atoms with Crippen LogP contribution in [0.5, 0.6) is 23.0 Å². The zero-order valence-corrected chi connectivity index (χ0v) is 20.7. The number of carbonyl (C=O) groups excluding carboxylic acids is 2. The van der Waals surface area contributed by atoms with Crippen molar-refractivity contribution in [2.24, 2.45) is 0 Å². The predicted octanol–water partition coefficient (Wildman–Crippen LogP) is 5.47. The Morgan fingerprint density at radius 1 is 1.08 bits per heavy atom. The Morgan fingerprint density at radius 2 is 1.86 bits per heavy atom. The van der Waals surface area contributed by atoms with Crippen molar-refractivity contribution >= 4 is 11.9 Å². The Kier molecular flexibility index (Phi) is 6.99. The lowest BCUT2D eigenvalue weighted by atomic mass is 9.98. The summed E-state index contributed by atoms with van der Waals surface area (Å²) >= 11 is 0. The molecule has 0 saturated carbocycles. The molecule has 0 radical (unpaired) electrons. The molecule has 37 heavy (non-hydrogen) atoms. The highest BCUT2D eigenvalue weighted by Gasteiger charge is 2.32. The molecule has 0 unspecified atom stereocenters. The Labute approximate surface area is 214 Å². The average Bonchev–Trinajstić information content (AvgIpc) is 3.51. The first-order valence-electron chi connectivity index (χ1n) is 12.3. The molecule has 1 heterocycles. The molecule has 0 fully saturated rings. The minimum atomic E-state index is -0.469. The van der Waals surface area contributed by atoms with Crippen LogP contribution in [0.15, 0.2) is 54.6 Å². The van der Waals surface area contributed by atoms with Crippen LogP contribution >= 0.6 is 0 Å². The number of benzene rings is 3. The van der Waals surface area contributed by atoms with Crippen molar-refractivity contribution in [3.8, 4) is 23.0 Å². The molecule has 0 bridgehead atoms. The fourth-order valence-corrected chi connectivity index (χ4v) is 4.87. The number of halogens is 1. The molecule has 2 atom stereocenters. The van der Waals surface area contributed by atoms with Gasteiger partial charge < -0.3 is 24.3 Å². The normalized spacial score (nSPS) is 17.4. The van der Waals surface area contributed by atoms with E-state index < -0.39 is 6.10 Å². The second-order valence-electron chi connectivity index (χ2n) is 9.06. The average molecular weight is 506 g/mol. The maximum absolute atomic E-state index is 15.0. The van der Waals surface area contributed by atoms with Crippen molar-refractivity contribution in [1.29, 1.82) is 0 Å². The highest BCUT2D eigenvalue weighted by Crippen LogP contribution is 2.44. The second kappa shape index (κ2) is 10.5. The van der Waals surface area contributed by atoms with Crippen molar-refractivity contribution < 1.29 is 32.9 Å². The molecule has 3 aromatic rings. The van der Waals surface area contributed by atoms with E-state index in [1.54, 1.807) is 36.4 Å². The number of amides is 1. The fraction of sp³-hybridized carbons (Fsp3) is 0.310. The van der Waals surface area contributed by atoms with Gasteiger partial charge in [-0.15, -0.1) is 0 Å². The first-order chi connectivity index (χ1) is 18.0. The molecule has 1 amide bonds. The summed E-state index contributed by atoms with van der Waals surface area (Å²) in [5.41, 5.74) is 2.74. The van der Waals surface area contributed by atoms with E-state index in [-0.39, 0.29) is 30.0 Å². The van der Waals surface area contributed by atoms with Gasteiger partial charge in [-0.25, -0.2) is 4.39 Å². The molecule has 1 aliphatic carbocycles. The summed E-state index contributed by atoms with van der Waals surface area (Å²) in [5, 5.41) is 2.76. The Hall–Kier alpha value is -4.07. The largest absolute Gasteiger partial charge is 0.492 e. The Bertz CT molecular complexity index is 1320. The van der Waals surface area contributed by atoms with E-state index in [2.05, 4.69) is 5.32 Å². The molecule has 0 saturated heterocycles. The lowest BCUT2D eigenvalue weighted by Crippen LogP contribution is -2.22. The van der Waals surface area contributed by atoms with Gasteiger partial charge in [-0.3, -0.25) is 9.59 Å². The third-order valence-electron chi connectivity index (χ3n) is 6.70. The molecule has 2 aliphatic rings. The van der Waals surface area contributed by atoms with Gasteiger partial charge in [0.15, 0.2) is 0 Å². The summed E-state index contributed by atoms with van der Waals surface area (Å²) in [6, 6.07) is 15.4. The highest BCUT2D eigenvalue weighted by atomic mass is 19.1. The third kappa shape index (κ3) is 5.09. The maximum atomic E-state index is 15.0. The van der Waals surface area contributed by atoms with Crippen LogP contribution in [0.3, 0.4) is 0 Å². The van der Waals surface area contributed by atoms with Gasteiger partial charge in [0.05, 0.1) is 20.1 Å². The van der Waals surface area contributed by atoms with Gasteiger partial charge in [-0.2, -0.15) is 0 Å². The van der Waals surface area contributed by atoms with Crippen molar-refractivity contribution in [3.05, 3.63) is 82.7 Å². The Morgan fingerprint density at radius 3 is 2.62 bits per heavy atom. The van der Waals surface area contributed by atoms with Crippen molar-refractivity contribution in [1.82, 2.24) is 5.32 Å². The third-order valence-corrected chi connectivity index (χ3v) is 6.70. The number of hydrogen-bond donors (Lipinski definition) is 1. The van der Waals surface area contributed by atoms with Crippen LogP contribution in [0.2, 0.25) is 0 Å². The van der Waals surface area contributed by atoms with E-state index in [0.29, 0.717) is 60.1 Å². The van der Waals surface area contributed by atoms with Gasteiger partial charge in [0.1, 0.15) is 34.9 Å². The van der Waals surface area contributed by atoms with E-state index in [9.17, 15) is 14.0 Å². The van der Waals surface area contributed by atoms with Gasteiger partial charge in [-0.05, 0) is 62.2 Å². The number of rotatable bonds is 8. The Balaban J connectivity index is 1.31. The zero-order chi connectivity index (χ0) is 25.9. The molecule has 5 rings (SSSR count). The smallest absolute Gasteiger partial charge is 0.306 e. The molecule has 192 valence electrons. The number of nitrogens with one attached hydrogen (secondary N) is 1. The van der Waals surface area contributed by atoms with Crippen molar-refractivity contribution in [2.45, 2.75) is 38.2 Å². The van der Waals surface area contributed by atoms with Crippen molar-refractivity contribution in [2.75, 3.05) is 20.3 Å².